The number of amides is 1. The number of carbonyl (C=O) groups excluding carboxylic acids is 1. The molecule has 0 aliphatic heterocycles. The fraction of sp³-hybridized carbons (Fsp3) is 0.933. The summed E-state index contributed by atoms with van der Waals surface area (Å²) in [7, 11) is 0. The van der Waals surface area contributed by atoms with E-state index in [2.05, 4.69) is 31.4 Å². The molecule has 0 bridgehead atoms. The fourth-order valence-electron chi connectivity index (χ4n) is 2.02. The Balaban J connectivity index is 4.08. The van der Waals surface area contributed by atoms with E-state index in [0.29, 0.717) is 6.61 Å². The average Bonchev–Trinajstić information content (AvgIpc) is 2.40. The lowest BCUT2D eigenvalue weighted by Gasteiger charge is -2.30. The van der Waals surface area contributed by atoms with Crippen molar-refractivity contribution in [2.24, 2.45) is 11.1 Å². The average molecular weight is 287 g/mol. The van der Waals surface area contributed by atoms with Crippen molar-refractivity contribution in [1.82, 2.24) is 10.6 Å². The normalized spacial score (nSPS) is 11.6. The minimum Gasteiger partial charge on any atom is -0.450 e. The van der Waals surface area contributed by atoms with Gasteiger partial charge in [-0.2, -0.15) is 0 Å². The topological polar surface area (TPSA) is 76.4 Å². The molecule has 0 radical (unpaired) electrons. The molecule has 0 heterocycles. The highest BCUT2D eigenvalue weighted by molar-refractivity contribution is 5.64. The zero-order chi connectivity index (χ0) is 15.3. The second-order valence-corrected chi connectivity index (χ2v) is 5.79. The Labute approximate surface area is 124 Å². The molecule has 0 aromatic rings. The maximum Gasteiger partial charge on any atom is 0.404 e. The molecule has 120 valence electrons. The molecular formula is C15H33N3O2. The molecule has 0 unspecified atom stereocenters. The van der Waals surface area contributed by atoms with Gasteiger partial charge in [0.05, 0.1) is 6.61 Å². The Kier molecular flexibility index (Phi) is 11.5. The Morgan fingerprint density at radius 3 is 2.00 bits per heavy atom. The minimum absolute atomic E-state index is 0.0803. The Hall–Kier alpha value is -0.810. The van der Waals surface area contributed by atoms with Crippen LogP contribution < -0.4 is 16.4 Å². The van der Waals surface area contributed by atoms with Crippen LogP contribution in [0, 0.1) is 5.41 Å². The fourth-order valence-corrected chi connectivity index (χ4v) is 2.02. The van der Waals surface area contributed by atoms with Crippen LogP contribution >= 0.6 is 0 Å². The van der Waals surface area contributed by atoms with E-state index in [1.54, 1.807) is 0 Å². The Morgan fingerprint density at radius 1 is 1.10 bits per heavy atom. The van der Waals surface area contributed by atoms with Crippen molar-refractivity contribution in [3.63, 3.8) is 0 Å². The van der Waals surface area contributed by atoms with Crippen LogP contribution in [0.1, 0.15) is 52.9 Å². The summed E-state index contributed by atoms with van der Waals surface area (Å²) in [6, 6.07) is 0. The van der Waals surface area contributed by atoms with Crippen molar-refractivity contribution in [3.05, 3.63) is 0 Å². The first-order valence-corrected chi connectivity index (χ1v) is 7.87. The van der Waals surface area contributed by atoms with Crippen molar-refractivity contribution < 1.29 is 9.53 Å². The Morgan fingerprint density at radius 2 is 1.60 bits per heavy atom. The van der Waals surface area contributed by atoms with E-state index in [4.69, 9.17) is 10.5 Å². The van der Waals surface area contributed by atoms with Gasteiger partial charge in [-0.1, -0.05) is 33.6 Å². The maximum atomic E-state index is 10.7. The highest BCUT2D eigenvalue weighted by Gasteiger charge is 2.23. The molecule has 5 heteroatoms. The second-order valence-electron chi connectivity index (χ2n) is 5.79. The summed E-state index contributed by atoms with van der Waals surface area (Å²) in [5.74, 6) is 0. The van der Waals surface area contributed by atoms with Gasteiger partial charge in [-0.15, -0.1) is 0 Å². The summed E-state index contributed by atoms with van der Waals surface area (Å²) in [6.45, 7) is 10.9. The number of hydrogen-bond acceptors (Lipinski definition) is 4. The highest BCUT2D eigenvalue weighted by Crippen LogP contribution is 2.19. The molecule has 20 heavy (non-hydrogen) atoms. The zero-order valence-electron chi connectivity index (χ0n) is 13.5. The second kappa shape index (κ2) is 12.0. The first kappa shape index (κ1) is 19.2. The zero-order valence-corrected chi connectivity index (χ0v) is 13.5. The SMILES string of the molecule is CCCCNCC(C)(CCOC(N)=O)CNCCCC. The van der Waals surface area contributed by atoms with Crippen LogP contribution in [-0.4, -0.2) is 38.9 Å². The molecule has 0 saturated carbocycles. The van der Waals surface area contributed by atoms with E-state index in [0.717, 1.165) is 32.6 Å². The molecule has 0 spiro atoms. The van der Waals surface area contributed by atoms with E-state index in [1.165, 1.54) is 25.7 Å². The van der Waals surface area contributed by atoms with Gasteiger partial charge in [-0.25, -0.2) is 4.79 Å². The molecule has 0 aliphatic carbocycles. The standard InChI is InChI=1S/C15H33N3O2/c1-4-6-9-17-12-15(3,8-11-20-14(16)19)13-18-10-7-5-2/h17-18H,4-13H2,1-3H3,(H2,16,19). The monoisotopic (exact) mass is 287 g/mol. The number of nitrogens with one attached hydrogen (secondary N) is 2. The van der Waals surface area contributed by atoms with E-state index in [1.807, 2.05) is 0 Å². The van der Waals surface area contributed by atoms with Crippen molar-refractivity contribution in [3.8, 4) is 0 Å². The van der Waals surface area contributed by atoms with Gasteiger partial charge in [0.1, 0.15) is 0 Å². The van der Waals surface area contributed by atoms with Gasteiger partial charge in [0, 0.05) is 13.1 Å². The summed E-state index contributed by atoms with van der Waals surface area (Å²) in [5.41, 5.74) is 5.09. The van der Waals surface area contributed by atoms with Gasteiger partial charge in [-0.3, -0.25) is 0 Å². The lowest BCUT2D eigenvalue weighted by Crippen LogP contribution is -2.42. The van der Waals surface area contributed by atoms with Crippen LogP contribution in [0.2, 0.25) is 0 Å². The van der Waals surface area contributed by atoms with E-state index in [9.17, 15) is 4.79 Å². The smallest absolute Gasteiger partial charge is 0.404 e. The minimum atomic E-state index is -0.690. The number of hydrogen-bond donors (Lipinski definition) is 3. The van der Waals surface area contributed by atoms with Gasteiger partial charge >= 0.3 is 6.09 Å². The van der Waals surface area contributed by atoms with Gasteiger partial charge in [-0.05, 0) is 37.8 Å². The van der Waals surface area contributed by atoms with Gasteiger partial charge in [0.15, 0.2) is 0 Å². The number of carbonyl (C=O) groups is 1. The third kappa shape index (κ3) is 11.1. The van der Waals surface area contributed by atoms with E-state index in [-0.39, 0.29) is 5.41 Å². The van der Waals surface area contributed by atoms with Gasteiger partial charge < -0.3 is 21.1 Å². The highest BCUT2D eigenvalue weighted by atomic mass is 16.5. The third-order valence-electron chi connectivity index (χ3n) is 3.47. The molecule has 0 aromatic carbocycles. The lowest BCUT2D eigenvalue weighted by molar-refractivity contribution is 0.131. The summed E-state index contributed by atoms with van der Waals surface area (Å²) < 4.78 is 4.88. The van der Waals surface area contributed by atoms with Crippen LogP contribution in [0.5, 0.6) is 0 Å². The Bertz CT molecular complexity index is 235. The molecular weight excluding hydrogens is 254 g/mol. The number of rotatable bonds is 13. The van der Waals surface area contributed by atoms with E-state index < -0.39 is 6.09 Å². The molecule has 4 N–H and O–H groups in total. The van der Waals surface area contributed by atoms with Gasteiger partial charge in [0.2, 0.25) is 0 Å². The van der Waals surface area contributed by atoms with Crippen LogP contribution in [0.15, 0.2) is 0 Å². The summed E-state index contributed by atoms with van der Waals surface area (Å²) in [6.07, 6.45) is 4.90. The van der Waals surface area contributed by atoms with Crippen LogP contribution in [-0.2, 0) is 4.74 Å². The number of ether oxygens (including phenoxy) is 1. The maximum absolute atomic E-state index is 10.7. The van der Waals surface area contributed by atoms with Gasteiger partial charge in [0.25, 0.3) is 0 Å². The summed E-state index contributed by atoms with van der Waals surface area (Å²) in [5, 5.41) is 6.99. The van der Waals surface area contributed by atoms with Crippen molar-refractivity contribution >= 4 is 6.09 Å². The van der Waals surface area contributed by atoms with E-state index >= 15 is 0 Å². The van der Waals surface area contributed by atoms with Crippen LogP contribution in [0.25, 0.3) is 0 Å². The predicted octanol–water partition coefficient (Wildman–Crippen LogP) is 2.26. The van der Waals surface area contributed by atoms with Crippen molar-refractivity contribution in [2.45, 2.75) is 52.9 Å². The quantitative estimate of drug-likeness (QED) is 0.454. The first-order valence-electron chi connectivity index (χ1n) is 7.87. The third-order valence-corrected chi connectivity index (χ3v) is 3.47. The summed E-state index contributed by atoms with van der Waals surface area (Å²) >= 11 is 0. The molecule has 5 nitrogen and oxygen atoms in total. The number of nitrogens with two attached hydrogens (primary N) is 1. The van der Waals surface area contributed by atoms with Crippen molar-refractivity contribution in [2.75, 3.05) is 32.8 Å². The predicted molar refractivity (Wildman–Crippen MR) is 83.8 cm³/mol. The number of primary amides is 1. The molecule has 0 rings (SSSR count). The molecule has 0 atom stereocenters. The van der Waals surface area contributed by atoms with Crippen molar-refractivity contribution in [1.29, 1.82) is 0 Å². The lowest BCUT2D eigenvalue weighted by atomic mass is 9.86. The molecule has 0 saturated heterocycles. The number of unbranched alkanes of at least 4 members (excludes halogenated alkanes) is 2. The molecule has 0 aromatic heterocycles. The van der Waals surface area contributed by atoms with Crippen LogP contribution in [0.4, 0.5) is 4.79 Å². The molecule has 0 fully saturated rings. The summed E-state index contributed by atoms with van der Waals surface area (Å²) in [4.78, 5) is 10.7. The first-order chi connectivity index (χ1) is 9.54. The largest absolute Gasteiger partial charge is 0.450 e. The molecule has 0 aliphatic rings. The molecule has 1 amide bonds. The van der Waals surface area contributed by atoms with Crippen LogP contribution in [0.3, 0.4) is 0 Å².